The first-order valence-corrected chi connectivity index (χ1v) is 6.09. The summed E-state index contributed by atoms with van der Waals surface area (Å²) < 4.78 is 5.59. The maximum Gasteiger partial charge on any atom is 0.163 e. The van der Waals surface area contributed by atoms with E-state index in [1.165, 1.54) is 0 Å². The number of carbonyl (C=O) groups excluding carboxylic acids is 1. The molecule has 17 heavy (non-hydrogen) atoms. The van der Waals surface area contributed by atoms with Crippen LogP contribution in [0, 0.1) is 0 Å². The predicted molar refractivity (Wildman–Crippen MR) is 65.5 cm³/mol. The van der Waals surface area contributed by atoms with E-state index >= 15 is 0 Å². The van der Waals surface area contributed by atoms with Gasteiger partial charge in [0.2, 0.25) is 0 Å². The number of fused-ring (bicyclic) bond motifs is 1. The van der Waals surface area contributed by atoms with Crippen molar-refractivity contribution in [2.45, 2.75) is 45.3 Å². The number of Topliss-reactive ketones (excluding diaryl/α,β-unsaturated/α-hetero) is 1. The lowest BCUT2D eigenvalue weighted by Crippen LogP contribution is -2.25. The molecule has 0 heterocycles. The van der Waals surface area contributed by atoms with Gasteiger partial charge in [0.1, 0.15) is 11.9 Å². The minimum atomic E-state index is -0.526. The molecule has 3 heteroatoms. The summed E-state index contributed by atoms with van der Waals surface area (Å²) >= 11 is 0. The zero-order valence-corrected chi connectivity index (χ0v) is 10.3. The van der Waals surface area contributed by atoms with Crippen LogP contribution < -0.4 is 4.74 Å². The predicted octanol–water partition coefficient (Wildman–Crippen LogP) is 2.35. The van der Waals surface area contributed by atoms with Crippen molar-refractivity contribution in [1.29, 1.82) is 0 Å². The Morgan fingerprint density at radius 2 is 2.06 bits per heavy atom. The molecule has 2 unspecified atom stereocenters. The first-order chi connectivity index (χ1) is 8.08. The van der Waals surface area contributed by atoms with Gasteiger partial charge in [-0.2, -0.15) is 0 Å². The van der Waals surface area contributed by atoms with E-state index in [0.29, 0.717) is 12.2 Å². The summed E-state index contributed by atoms with van der Waals surface area (Å²) in [5.74, 6) is 0.855. The minimum Gasteiger partial charge on any atom is -0.488 e. The van der Waals surface area contributed by atoms with Crippen LogP contribution in [0.2, 0.25) is 0 Å². The van der Waals surface area contributed by atoms with Crippen LogP contribution in [0.25, 0.3) is 0 Å². The molecular weight excluding hydrogens is 216 g/mol. The van der Waals surface area contributed by atoms with E-state index < -0.39 is 6.10 Å². The van der Waals surface area contributed by atoms with Gasteiger partial charge in [-0.05, 0) is 44.4 Å². The number of aliphatic hydroxyl groups excluding tert-OH is 1. The van der Waals surface area contributed by atoms with E-state index in [9.17, 15) is 9.90 Å². The minimum absolute atomic E-state index is 0.196. The summed E-state index contributed by atoms with van der Waals surface area (Å²) in [5, 5.41) is 9.38. The highest BCUT2D eigenvalue weighted by Gasteiger charge is 2.18. The summed E-state index contributed by atoms with van der Waals surface area (Å²) in [5.41, 5.74) is 1.89. The third-order valence-electron chi connectivity index (χ3n) is 3.23. The van der Waals surface area contributed by atoms with Crippen LogP contribution in [0.4, 0.5) is 0 Å². The first kappa shape index (κ1) is 12.1. The van der Waals surface area contributed by atoms with Crippen molar-refractivity contribution in [2.75, 3.05) is 0 Å². The van der Waals surface area contributed by atoms with Crippen molar-refractivity contribution in [1.82, 2.24) is 0 Å². The maximum atomic E-state index is 11.8. The largest absolute Gasteiger partial charge is 0.488 e. The number of aryl methyl sites for hydroxylation is 1. The van der Waals surface area contributed by atoms with Crippen molar-refractivity contribution < 1.29 is 14.6 Å². The Hall–Kier alpha value is -1.35. The van der Waals surface area contributed by atoms with Gasteiger partial charge in [-0.15, -0.1) is 0 Å². The maximum absolute atomic E-state index is 11.8. The van der Waals surface area contributed by atoms with Crippen LogP contribution in [0.15, 0.2) is 18.2 Å². The molecule has 3 nitrogen and oxygen atoms in total. The van der Waals surface area contributed by atoms with Crippen LogP contribution in [0.1, 0.15) is 42.6 Å². The fourth-order valence-electron chi connectivity index (χ4n) is 1.99. The van der Waals surface area contributed by atoms with Gasteiger partial charge in [-0.25, -0.2) is 0 Å². The molecule has 0 saturated carbocycles. The number of rotatable bonds is 3. The van der Waals surface area contributed by atoms with E-state index in [-0.39, 0.29) is 11.9 Å². The Balaban J connectivity index is 2.21. The molecule has 1 aliphatic carbocycles. The quantitative estimate of drug-likeness (QED) is 0.873. The molecule has 2 rings (SSSR count). The highest BCUT2D eigenvalue weighted by molar-refractivity contribution is 5.98. The van der Waals surface area contributed by atoms with Crippen LogP contribution in [0.3, 0.4) is 0 Å². The molecular formula is C14H18O3. The van der Waals surface area contributed by atoms with Gasteiger partial charge in [-0.1, -0.05) is 6.07 Å². The van der Waals surface area contributed by atoms with E-state index in [0.717, 1.165) is 24.0 Å². The lowest BCUT2D eigenvalue weighted by Gasteiger charge is -2.20. The van der Waals surface area contributed by atoms with E-state index in [1.54, 1.807) is 13.0 Å². The average molecular weight is 234 g/mol. The van der Waals surface area contributed by atoms with Gasteiger partial charge in [-0.3, -0.25) is 4.79 Å². The van der Waals surface area contributed by atoms with Crippen molar-refractivity contribution in [3.8, 4) is 5.75 Å². The normalized spacial score (nSPS) is 18.4. The number of aliphatic hydroxyl groups is 1. The molecule has 1 N–H and O–H groups in total. The topological polar surface area (TPSA) is 46.5 Å². The second kappa shape index (κ2) is 4.88. The summed E-state index contributed by atoms with van der Waals surface area (Å²) in [4.78, 5) is 11.8. The fourth-order valence-corrected chi connectivity index (χ4v) is 1.99. The Morgan fingerprint density at radius 3 is 2.76 bits per heavy atom. The Bertz CT molecular complexity index is 423. The standard InChI is InChI=1S/C14H18O3/c1-9(15)10(2)17-12-7-6-11-4-3-5-14(16)13(11)8-12/h6-10,15H,3-5H2,1-2H3. The number of ketones is 1. The molecule has 1 aliphatic rings. The molecule has 0 bridgehead atoms. The number of hydrogen-bond donors (Lipinski definition) is 1. The van der Waals surface area contributed by atoms with Crippen LogP contribution in [-0.2, 0) is 6.42 Å². The summed E-state index contributed by atoms with van der Waals surface area (Å²) in [6.45, 7) is 3.50. The van der Waals surface area contributed by atoms with Crippen molar-refractivity contribution >= 4 is 5.78 Å². The van der Waals surface area contributed by atoms with Gasteiger partial charge in [0.05, 0.1) is 6.10 Å². The molecule has 0 fully saturated rings. The molecule has 1 aromatic rings. The molecule has 0 aliphatic heterocycles. The molecule has 92 valence electrons. The average Bonchev–Trinajstić information content (AvgIpc) is 2.30. The molecule has 2 atom stereocenters. The summed E-state index contributed by atoms with van der Waals surface area (Å²) in [6, 6.07) is 5.63. The monoisotopic (exact) mass is 234 g/mol. The van der Waals surface area contributed by atoms with Gasteiger partial charge in [0.15, 0.2) is 5.78 Å². The van der Waals surface area contributed by atoms with E-state index in [2.05, 4.69) is 0 Å². The first-order valence-electron chi connectivity index (χ1n) is 6.09. The molecule has 0 aromatic heterocycles. The van der Waals surface area contributed by atoms with Crippen molar-refractivity contribution in [3.05, 3.63) is 29.3 Å². The van der Waals surface area contributed by atoms with Gasteiger partial charge < -0.3 is 9.84 Å². The fraction of sp³-hybridized carbons (Fsp3) is 0.500. The Morgan fingerprint density at radius 1 is 1.29 bits per heavy atom. The summed E-state index contributed by atoms with van der Waals surface area (Å²) in [6.07, 6.45) is 1.74. The van der Waals surface area contributed by atoms with Gasteiger partial charge in [0, 0.05) is 12.0 Å². The molecule has 0 saturated heterocycles. The van der Waals surface area contributed by atoms with Crippen LogP contribution in [0.5, 0.6) is 5.75 Å². The highest BCUT2D eigenvalue weighted by Crippen LogP contribution is 2.26. The molecule has 0 spiro atoms. The Labute approximate surface area is 101 Å². The number of carbonyl (C=O) groups is 1. The lowest BCUT2D eigenvalue weighted by atomic mass is 9.90. The van der Waals surface area contributed by atoms with Crippen molar-refractivity contribution in [3.63, 3.8) is 0 Å². The van der Waals surface area contributed by atoms with Crippen molar-refractivity contribution in [2.24, 2.45) is 0 Å². The van der Waals surface area contributed by atoms with Gasteiger partial charge in [0.25, 0.3) is 0 Å². The third kappa shape index (κ3) is 2.67. The lowest BCUT2D eigenvalue weighted by molar-refractivity contribution is 0.0603. The zero-order chi connectivity index (χ0) is 12.4. The van der Waals surface area contributed by atoms with E-state index in [4.69, 9.17) is 4.74 Å². The van der Waals surface area contributed by atoms with Crippen LogP contribution >= 0.6 is 0 Å². The van der Waals surface area contributed by atoms with Gasteiger partial charge >= 0.3 is 0 Å². The zero-order valence-electron chi connectivity index (χ0n) is 10.3. The number of hydrogen-bond acceptors (Lipinski definition) is 3. The molecule has 0 radical (unpaired) electrons. The van der Waals surface area contributed by atoms with Crippen LogP contribution in [-0.4, -0.2) is 23.1 Å². The Kier molecular flexibility index (Phi) is 3.48. The highest BCUT2D eigenvalue weighted by atomic mass is 16.5. The smallest absolute Gasteiger partial charge is 0.163 e. The number of ether oxygens (including phenoxy) is 1. The summed E-state index contributed by atoms with van der Waals surface area (Å²) in [7, 11) is 0. The SMILES string of the molecule is CC(O)C(C)Oc1ccc2c(c1)C(=O)CCC2. The second-order valence-electron chi connectivity index (χ2n) is 4.66. The number of benzene rings is 1. The van der Waals surface area contributed by atoms with E-state index in [1.807, 2.05) is 19.1 Å². The molecule has 1 aromatic carbocycles. The second-order valence-corrected chi connectivity index (χ2v) is 4.66. The molecule has 0 amide bonds. The third-order valence-corrected chi connectivity index (χ3v) is 3.23.